The number of nitrogens with zero attached hydrogens (tertiary/aromatic N) is 2. The molecule has 0 aromatic heterocycles. The van der Waals surface area contributed by atoms with Gasteiger partial charge in [0.05, 0.1) is 6.04 Å². The largest absolute Gasteiger partial charge is 0.353 e. The molecule has 5 nitrogen and oxygen atoms in total. The molecule has 7 heteroatoms. The van der Waals surface area contributed by atoms with E-state index >= 15 is 0 Å². The monoisotopic (exact) mass is 343 g/mol. The maximum absolute atomic E-state index is 13.2. The van der Waals surface area contributed by atoms with Crippen molar-refractivity contribution in [3.8, 4) is 0 Å². The molecule has 0 aromatic carbocycles. The van der Waals surface area contributed by atoms with Gasteiger partial charge in [0.25, 0.3) is 0 Å². The molecule has 3 aliphatic rings. The lowest BCUT2D eigenvalue weighted by Crippen LogP contribution is -2.51. The second kappa shape index (κ2) is 6.94. The normalized spacial score (nSPS) is 29.9. The first kappa shape index (κ1) is 17.6. The van der Waals surface area contributed by atoms with Crippen LogP contribution in [-0.2, 0) is 9.59 Å². The highest BCUT2D eigenvalue weighted by Crippen LogP contribution is 2.36. The molecule has 2 aliphatic heterocycles. The maximum Gasteiger partial charge on any atom is 0.248 e. The highest BCUT2D eigenvalue weighted by molar-refractivity contribution is 5.83. The van der Waals surface area contributed by atoms with Gasteiger partial charge in [0.15, 0.2) is 0 Å². The number of amides is 2. The number of hydrogen-bond donors (Lipinski definition) is 1. The number of carbonyl (C=O) groups excluding carboxylic acids is 2. The van der Waals surface area contributed by atoms with E-state index in [1.807, 2.05) is 7.05 Å². The first-order valence-electron chi connectivity index (χ1n) is 9.03. The molecule has 3 fully saturated rings. The fraction of sp³-hybridized carbons (Fsp3) is 0.882. The topological polar surface area (TPSA) is 52.6 Å². The Bertz CT molecular complexity index is 482. The standard InChI is InChI=1S/C17H27F2N3O2/c1-21-9-6-14(16(21)24)22-10-4-13(5-11-22)20-15(23)12-2-7-17(18,19)8-3-12/h12-14H,2-11H2,1H3,(H,20,23). The van der Waals surface area contributed by atoms with Crippen molar-refractivity contribution < 1.29 is 18.4 Å². The fourth-order valence-electron chi connectivity index (χ4n) is 4.12. The molecule has 1 atom stereocenters. The van der Waals surface area contributed by atoms with Crippen molar-refractivity contribution in [3.05, 3.63) is 0 Å². The average Bonchev–Trinajstić information content (AvgIpc) is 2.88. The number of alkyl halides is 2. The molecule has 136 valence electrons. The lowest BCUT2D eigenvalue weighted by atomic mass is 9.86. The lowest BCUT2D eigenvalue weighted by Gasteiger charge is -2.36. The number of likely N-dealkylation sites (tertiary alicyclic amines) is 2. The Balaban J connectivity index is 1.42. The molecule has 2 amide bonds. The van der Waals surface area contributed by atoms with Crippen molar-refractivity contribution in [2.45, 2.75) is 63.0 Å². The van der Waals surface area contributed by atoms with Gasteiger partial charge in [0.2, 0.25) is 17.7 Å². The van der Waals surface area contributed by atoms with E-state index in [0.29, 0.717) is 0 Å². The molecule has 1 N–H and O–H groups in total. The van der Waals surface area contributed by atoms with Crippen LogP contribution in [0.1, 0.15) is 44.9 Å². The molecule has 0 aromatic rings. The summed E-state index contributed by atoms with van der Waals surface area (Å²) in [5.41, 5.74) is 0. The minimum Gasteiger partial charge on any atom is -0.353 e. The zero-order valence-corrected chi connectivity index (χ0v) is 14.3. The first-order valence-corrected chi connectivity index (χ1v) is 9.03. The number of halogens is 2. The summed E-state index contributed by atoms with van der Waals surface area (Å²) in [5.74, 6) is -2.74. The predicted octanol–water partition coefficient (Wildman–Crippen LogP) is 1.62. The number of rotatable bonds is 3. The second-order valence-electron chi connectivity index (χ2n) is 7.51. The van der Waals surface area contributed by atoms with Crippen LogP contribution in [0.2, 0.25) is 0 Å². The molecule has 2 saturated heterocycles. The summed E-state index contributed by atoms with van der Waals surface area (Å²) in [4.78, 5) is 28.3. The smallest absolute Gasteiger partial charge is 0.248 e. The molecule has 1 unspecified atom stereocenters. The summed E-state index contributed by atoms with van der Waals surface area (Å²) >= 11 is 0. The van der Waals surface area contributed by atoms with E-state index in [1.165, 1.54) is 0 Å². The van der Waals surface area contributed by atoms with Gasteiger partial charge in [-0.25, -0.2) is 8.78 Å². The Kier molecular flexibility index (Phi) is 5.08. The van der Waals surface area contributed by atoms with E-state index in [-0.39, 0.29) is 55.5 Å². The number of hydrogen-bond acceptors (Lipinski definition) is 3. The van der Waals surface area contributed by atoms with E-state index < -0.39 is 5.92 Å². The summed E-state index contributed by atoms with van der Waals surface area (Å²) in [7, 11) is 1.84. The molecule has 0 spiro atoms. The third-order valence-electron chi connectivity index (χ3n) is 5.80. The molecule has 3 rings (SSSR count). The first-order chi connectivity index (χ1) is 11.4. The van der Waals surface area contributed by atoms with E-state index in [2.05, 4.69) is 10.2 Å². The Morgan fingerprint density at radius 1 is 1.08 bits per heavy atom. The van der Waals surface area contributed by atoms with Gasteiger partial charge in [-0.15, -0.1) is 0 Å². The minimum atomic E-state index is -2.59. The Labute approximate surface area is 141 Å². The van der Waals surface area contributed by atoms with Gasteiger partial charge in [-0.05, 0) is 32.1 Å². The van der Waals surface area contributed by atoms with Gasteiger partial charge in [-0.2, -0.15) is 0 Å². The number of nitrogens with one attached hydrogen (secondary N) is 1. The number of carbonyl (C=O) groups is 2. The number of piperidine rings is 1. The van der Waals surface area contributed by atoms with Crippen LogP contribution in [0.4, 0.5) is 8.78 Å². The van der Waals surface area contributed by atoms with Gasteiger partial charge in [0.1, 0.15) is 0 Å². The summed E-state index contributed by atoms with van der Waals surface area (Å²) in [6.07, 6.45) is 2.72. The van der Waals surface area contributed by atoms with E-state index in [0.717, 1.165) is 38.9 Å². The van der Waals surface area contributed by atoms with Crippen LogP contribution in [0.3, 0.4) is 0 Å². The molecule has 24 heavy (non-hydrogen) atoms. The van der Waals surface area contributed by atoms with Gasteiger partial charge < -0.3 is 10.2 Å². The molecule has 1 aliphatic carbocycles. The average molecular weight is 343 g/mol. The van der Waals surface area contributed by atoms with Crippen LogP contribution in [0.25, 0.3) is 0 Å². The molecule has 0 bridgehead atoms. The van der Waals surface area contributed by atoms with Crippen molar-refractivity contribution in [3.63, 3.8) is 0 Å². The molecule has 1 saturated carbocycles. The van der Waals surface area contributed by atoms with Crippen LogP contribution in [0.15, 0.2) is 0 Å². The fourth-order valence-corrected chi connectivity index (χ4v) is 4.12. The molecule has 2 heterocycles. The van der Waals surface area contributed by atoms with Crippen molar-refractivity contribution >= 4 is 11.8 Å². The second-order valence-corrected chi connectivity index (χ2v) is 7.51. The van der Waals surface area contributed by atoms with Crippen molar-refractivity contribution in [2.24, 2.45) is 5.92 Å². The van der Waals surface area contributed by atoms with Gasteiger partial charge in [-0.3, -0.25) is 14.5 Å². The van der Waals surface area contributed by atoms with Gasteiger partial charge >= 0.3 is 0 Å². The van der Waals surface area contributed by atoms with Crippen molar-refractivity contribution in [1.82, 2.24) is 15.1 Å². The Hall–Kier alpha value is -1.24. The van der Waals surface area contributed by atoms with Crippen LogP contribution in [-0.4, -0.2) is 66.3 Å². The predicted molar refractivity (Wildman–Crippen MR) is 85.7 cm³/mol. The van der Waals surface area contributed by atoms with Crippen molar-refractivity contribution in [2.75, 3.05) is 26.7 Å². The molecular weight excluding hydrogens is 316 g/mol. The lowest BCUT2D eigenvalue weighted by molar-refractivity contribution is -0.133. The van der Waals surface area contributed by atoms with Crippen LogP contribution < -0.4 is 5.32 Å². The summed E-state index contributed by atoms with van der Waals surface area (Å²) < 4.78 is 26.4. The quantitative estimate of drug-likeness (QED) is 0.847. The Morgan fingerprint density at radius 3 is 2.25 bits per heavy atom. The third kappa shape index (κ3) is 3.87. The van der Waals surface area contributed by atoms with Gasteiger partial charge in [-0.1, -0.05) is 0 Å². The summed E-state index contributed by atoms with van der Waals surface area (Å²) in [6.45, 7) is 2.42. The van der Waals surface area contributed by atoms with Crippen LogP contribution in [0.5, 0.6) is 0 Å². The zero-order valence-electron chi connectivity index (χ0n) is 14.3. The van der Waals surface area contributed by atoms with E-state index in [4.69, 9.17) is 0 Å². The maximum atomic E-state index is 13.2. The Morgan fingerprint density at radius 2 is 1.71 bits per heavy atom. The van der Waals surface area contributed by atoms with Crippen LogP contribution >= 0.6 is 0 Å². The highest BCUT2D eigenvalue weighted by atomic mass is 19.3. The van der Waals surface area contributed by atoms with E-state index in [9.17, 15) is 18.4 Å². The van der Waals surface area contributed by atoms with Crippen molar-refractivity contribution in [1.29, 1.82) is 0 Å². The highest BCUT2D eigenvalue weighted by Gasteiger charge is 2.39. The molecule has 0 radical (unpaired) electrons. The van der Waals surface area contributed by atoms with Gasteiger partial charge in [0, 0.05) is 51.5 Å². The minimum absolute atomic E-state index is 0.00720. The summed E-state index contributed by atoms with van der Waals surface area (Å²) in [5, 5.41) is 3.04. The SMILES string of the molecule is CN1CCC(N2CCC(NC(=O)C3CCC(F)(F)CC3)CC2)C1=O. The van der Waals surface area contributed by atoms with E-state index in [1.54, 1.807) is 4.90 Å². The molecular formula is C17H27F2N3O2. The zero-order chi connectivity index (χ0) is 17.3. The third-order valence-corrected chi connectivity index (χ3v) is 5.80. The summed E-state index contributed by atoms with van der Waals surface area (Å²) in [6, 6.07) is 0.0950. The van der Waals surface area contributed by atoms with Crippen LogP contribution in [0, 0.1) is 5.92 Å². The number of likely N-dealkylation sites (N-methyl/N-ethyl adjacent to an activating group) is 1.